The van der Waals surface area contributed by atoms with Gasteiger partial charge in [0.1, 0.15) is 11.1 Å². The number of halogens is 1. The second kappa shape index (κ2) is 7.26. The van der Waals surface area contributed by atoms with Crippen molar-refractivity contribution < 1.29 is 9.47 Å². The van der Waals surface area contributed by atoms with Crippen molar-refractivity contribution in [2.45, 2.75) is 20.4 Å². The second-order valence-corrected chi connectivity index (χ2v) is 5.16. The van der Waals surface area contributed by atoms with Gasteiger partial charge in [-0.2, -0.15) is 0 Å². The number of para-hydroxylation sites is 2. The normalized spacial score (nSPS) is 10.4. The molecule has 0 amide bonds. The molecule has 2 aromatic rings. The number of hydrogen-bond donors (Lipinski definition) is 0. The molecule has 6 heteroatoms. The van der Waals surface area contributed by atoms with Crippen LogP contribution in [0.3, 0.4) is 0 Å². The molecule has 21 heavy (non-hydrogen) atoms. The highest BCUT2D eigenvalue weighted by Crippen LogP contribution is 2.26. The monoisotopic (exact) mass is 352 g/mol. The Balaban J connectivity index is 2.02. The predicted molar refractivity (Wildman–Crippen MR) is 84.0 cm³/mol. The van der Waals surface area contributed by atoms with Gasteiger partial charge >= 0.3 is 0 Å². The smallest absolute Gasteiger partial charge is 0.267 e. The summed E-state index contributed by atoms with van der Waals surface area (Å²) in [4.78, 5) is 16.1. The van der Waals surface area contributed by atoms with Crippen molar-refractivity contribution >= 4 is 15.9 Å². The maximum atomic E-state index is 12.0. The fourth-order valence-electron chi connectivity index (χ4n) is 1.80. The molecule has 0 spiro atoms. The molecule has 5 nitrogen and oxygen atoms in total. The first kappa shape index (κ1) is 15.6. The molecule has 1 aromatic carbocycles. The topological polar surface area (TPSA) is 53.4 Å². The predicted octanol–water partition coefficient (Wildman–Crippen LogP) is 2.79. The minimum Gasteiger partial charge on any atom is -0.490 e. The molecule has 0 aliphatic carbocycles. The Kier molecular flexibility index (Phi) is 5.38. The standard InChI is InChI=1S/C15H17BrN2O3/c1-3-20-12-6-4-5-7-13(12)21-9-8-18-10-17-11(2)14(16)15(18)19/h4-7,10H,3,8-9H2,1-2H3. The molecular weight excluding hydrogens is 336 g/mol. The van der Waals surface area contributed by atoms with Gasteiger partial charge in [-0.05, 0) is 41.9 Å². The summed E-state index contributed by atoms with van der Waals surface area (Å²) in [5.74, 6) is 1.38. The summed E-state index contributed by atoms with van der Waals surface area (Å²) >= 11 is 3.24. The molecule has 0 radical (unpaired) electrons. The first-order valence-electron chi connectivity index (χ1n) is 6.69. The Morgan fingerprint density at radius 2 is 1.90 bits per heavy atom. The molecule has 2 rings (SSSR count). The second-order valence-electron chi connectivity index (χ2n) is 4.37. The van der Waals surface area contributed by atoms with Crippen molar-refractivity contribution in [3.63, 3.8) is 0 Å². The SMILES string of the molecule is CCOc1ccccc1OCCn1cnc(C)c(Br)c1=O. The number of benzene rings is 1. The van der Waals surface area contributed by atoms with Crippen molar-refractivity contribution in [1.29, 1.82) is 0 Å². The lowest BCUT2D eigenvalue weighted by Gasteiger charge is -2.12. The number of ether oxygens (including phenoxy) is 2. The zero-order valence-electron chi connectivity index (χ0n) is 12.0. The van der Waals surface area contributed by atoms with Gasteiger partial charge in [-0.1, -0.05) is 12.1 Å². The van der Waals surface area contributed by atoms with E-state index in [4.69, 9.17) is 9.47 Å². The third-order valence-corrected chi connectivity index (χ3v) is 3.81. The van der Waals surface area contributed by atoms with Crippen LogP contribution in [0.1, 0.15) is 12.6 Å². The third kappa shape index (κ3) is 3.85. The zero-order chi connectivity index (χ0) is 15.2. The van der Waals surface area contributed by atoms with Crippen LogP contribution in [-0.4, -0.2) is 22.8 Å². The number of rotatable bonds is 6. The van der Waals surface area contributed by atoms with Crippen molar-refractivity contribution in [3.05, 3.63) is 51.1 Å². The summed E-state index contributed by atoms with van der Waals surface area (Å²) in [6, 6.07) is 7.48. The minimum atomic E-state index is -0.107. The van der Waals surface area contributed by atoms with Crippen LogP contribution in [0.2, 0.25) is 0 Å². The van der Waals surface area contributed by atoms with Crippen molar-refractivity contribution in [2.75, 3.05) is 13.2 Å². The van der Waals surface area contributed by atoms with Crippen LogP contribution in [0.4, 0.5) is 0 Å². The van der Waals surface area contributed by atoms with Crippen LogP contribution in [0.5, 0.6) is 11.5 Å². The molecular formula is C15H17BrN2O3. The number of aromatic nitrogens is 2. The van der Waals surface area contributed by atoms with Gasteiger partial charge in [0.2, 0.25) is 0 Å². The maximum absolute atomic E-state index is 12.0. The Labute approximate surface area is 131 Å². The van der Waals surface area contributed by atoms with Crippen LogP contribution >= 0.6 is 15.9 Å². The fourth-order valence-corrected chi connectivity index (χ4v) is 2.13. The Morgan fingerprint density at radius 1 is 1.24 bits per heavy atom. The van der Waals surface area contributed by atoms with Crippen LogP contribution < -0.4 is 15.0 Å². The molecule has 1 heterocycles. The minimum absolute atomic E-state index is 0.107. The summed E-state index contributed by atoms with van der Waals surface area (Å²) in [6.07, 6.45) is 1.53. The molecule has 0 atom stereocenters. The van der Waals surface area contributed by atoms with Gasteiger partial charge < -0.3 is 9.47 Å². The molecule has 0 bridgehead atoms. The largest absolute Gasteiger partial charge is 0.490 e. The number of aryl methyl sites for hydroxylation is 1. The maximum Gasteiger partial charge on any atom is 0.267 e. The average molecular weight is 353 g/mol. The zero-order valence-corrected chi connectivity index (χ0v) is 13.6. The molecule has 0 fully saturated rings. The Bertz CT molecular complexity index is 670. The van der Waals surface area contributed by atoms with Crippen molar-refractivity contribution in [2.24, 2.45) is 0 Å². The van der Waals surface area contributed by atoms with Gasteiger partial charge in [0.15, 0.2) is 11.5 Å². The summed E-state index contributed by atoms with van der Waals surface area (Å²) in [6.45, 7) is 5.07. The van der Waals surface area contributed by atoms with Crippen LogP contribution in [0, 0.1) is 6.92 Å². The van der Waals surface area contributed by atoms with Gasteiger partial charge in [0.05, 0.1) is 25.2 Å². The van der Waals surface area contributed by atoms with Crippen LogP contribution in [0.15, 0.2) is 39.9 Å². The third-order valence-electron chi connectivity index (χ3n) is 2.90. The van der Waals surface area contributed by atoms with E-state index < -0.39 is 0 Å². The summed E-state index contributed by atoms with van der Waals surface area (Å²) in [5, 5.41) is 0. The quantitative estimate of drug-likeness (QED) is 0.802. The number of nitrogens with zero attached hydrogens (tertiary/aromatic N) is 2. The summed E-state index contributed by atoms with van der Waals surface area (Å²) < 4.78 is 13.2. The molecule has 0 N–H and O–H groups in total. The van der Waals surface area contributed by atoms with E-state index >= 15 is 0 Å². The van der Waals surface area contributed by atoms with E-state index in [0.29, 0.717) is 41.4 Å². The van der Waals surface area contributed by atoms with E-state index in [0.717, 1.165) is 0 Å². The van der Waals surface area contributed by atoms with E-state index in [1.165, 1.54) is 10.9 Å². The van der Waals surface area contributed by atoms with Gasteiger partial charge in [-0.15, -0.1) is 0 Å². The highest BCUT2D eigenvalue weighted by molar-refractivity contribution is 9.10. The van der Waals surface area contributed by atoms with E-state index in [2.05, 4.69) is 20.9 Å². The van der Waals surface area contributed by atoms with Gasteiger partial charge in [0.25, 0.3) is 5.56 Å². The first-order valence-corrected chi connectivity index (χ1v) is 7.49. The van der Waals surface area contributed by atoms with E-state index in [1.807, 2.05) is 31.2 Å². The van der Waals surface area contributed by atoms with Gasteiger partial charge in [-0.25, -0.2) is 4.98 Å². The molecule has 0 saturated carbocycles. The average Bonchev–Trinajstić information content (AvgIpc) is 2.49. The van der Waals surface area contributed by atoms with Gasteiger partial charge in [0, 0.05) is 0 Å². The fraction of sp³-hybridized carbons (Fsp3) is 0.333. The molecule has 0 aliphatic heterocycles. The van der Waals surface area contributed by atoms with Crippen LogP contribution in [0.25, 0.3) is 0 Å². The molecule has 0 aliphatic rings. The molecule has 0 unspecified atom stereocenters. The lowest BCUT2D eigenvalue weighted by molar-refractivity contribution is 0.265. The molecule has 112 valence electrons. The van der Waals surface area contributed by atoms with E-state index in [1.54, 1.807) is 6.92 Å². The first-order chi connectivity index (χ1) is 10.1. The Hall–Kier alpha value is -1.82. The molecule has 0 saturated heterocycles. The van der Waals surface area contributed by atoms with Gasteiger partial charge in [-0.3, -0.25) is 9.36 Å². The summed E-state index contributed by atoms with van der Waals surface area (Å²) in [5.41, 5.74) is 0.572. The highest BCUT2D eigenvalue weighted by Gasteiger charge is 2.07. The molecule has 1 aromatic heterocycles. The Morgan fingerprint density at radius 3 is 2.57 bits per heavy atom. The van der Waals surface area contributed by atoms with Crippen molar-refractivity contribution in [1.82, 2.24) is 9.55 Å². The lowest BCUT2D eigenvalue weighted by Crippen LogP contribution is -2.24. The van der Waals surface area contributed by atoms with E-state index in [9.17, 15) is 4.79 Å². The van der Waals surface area contributed by atoms with E-state index in [-0.39, 0.29) is 5.56 Å². The number of hydrogen-bond acceptors (Lipinski definition) is 4. The van der Waals surface area contributed by atoms with Crippen LogP contribution in [-0.2, 0) is 6.54 Å². The summed E-state index contributed by atoms with van der Waals surface area (Å²) in [7, 11) is 0. The lowest BCUT2D eigenvalue weighted by atomic mass is 10.3. The highest BCUT2D eigenvalue weighted by atomic mass is 79.9. The van der Waals surface area contributed by atoms with Crippen molar-refractivity contribution in [3.8, 4) is 11.5 Å².